The van der Waals surface area contributed by atoms with Crippen LogP contribution in [0.1, 0.15) is 10.4 Å². The molecule has 2 N–H and O–H groups in total. The number of anilines is 2. The van der Waals surface area contributed by atoms with E-state index in [1.807, 2.05) is 0 Å². The van der Waals surface area contributed by atoms with Crippen LogP contribution in [-0.4, -0.2) is 39.6 Å². The second kappa shape index (κ2) is 5.96. The minimum Gasteiger partial charge on any atom is -0.478 e. The molecule has 19 heavy (non-hydrogen) atoms. The summed E-state index contributed by atoms with van der Waals surface area (Å²) in [7, 11) is 1.62. The molecule has 2 rings (SSSR count). The van der Waals surface area contributed by atoms with Gasteiger partial charge in [0.15, 0.2) is 0 Å². The van der Waals surface area contributed by atoms with E-state index in [1.165, 1.54) is 12.3 Å². The lowest BCUT2D eigenvalue weighted by Crippen LogP contribution is -2.05. The van der Waals surface area contributed by atoms with Gasteiger partial charge in [0.1, 0.15) is 11.4 Å². The van der Waals surface area contributed by atoms with Crippen LogP contribution < -0.4 is 5.32 Å². The van der Waals surface area contributed by atoms with E-state index in [-0.39, 0.29) is 5.56 Å². The van der Waals surface area contributed by atoms with Gasteiger partial charge in [-0.1, -0.05) is 0 Å². The van der Waals surface area contributed by atoms with Crippen molar-refractivity contribution in [3.8, 4) is 0 Å². The minimum atomic E-state index is -1.03. The summed E-state index contributed by atoms with van der Waals surface area (Å²) in [6, 6.07) is 3.07. The molecule has 0 aromatic carbocycles. The van der Waals surface area contributed by atoms with Crippen LogP contribution in [0.15, 0.2) is 30.7 Å². The van der Waals surface area contributed by atoms with Gasteiger partial charge in [0.2, 0.25) is 0 Å². The quantitative estimate of drug-likeness (QED) is 0.817. The highest BCUT2D eigenvalue weighted by Crippen LogP contribution is 2.17. The van der Waals surface area contributed by atoms with Gasteiger partial charge in [-0.15, -0.1) is 0 Å². The van der Waals surface area contributed by atoms with Crippen molar-refractivity contribution in [1.82, 2.24) is 14.8 Å². The highest BCUT2D eigenvalue weighted by molar-refractivity contribution is 5.93. The maximum absolute atomic E-state index is 11.0. The number of methoxy groups -OCH3 is 1. The van der Waals surface area contributed by atoms with Crippen LogP contribution in [0.2, 0.25) is 0 Å². The summed E-state index contributed by atoms with van der Waals surface area (Å²) >= 11 is 0. The molecule has 0 amide bonds. The van der Waals surface area contributed by atoms with Gasteiger partial charge in [0.05, 0.1) is 25.0 Å². The largest absolute Gasteiger partial charge is 0.478 e. The van der Waals surface area contributed by atoms with Crippen molar-refractivity contribution in [2.24, 2.45) is 0 Å². The summed E-state index contributed by atoms with van der Waals surface area (Å²) in [4.78, 5) is 15.1. The number of carboxylic acid groups (broad SMARTS) is 1. The molecular weight excluding hydrogens is 248 g/mol. The zero-order valence-electron chi connectivity index (χ0n) is 10.4. The van der Waals surface area contributed by atoms with E-state index in [0.717, 1.165) is 0 Å². The molecule has 0 unspecified atom stereocenters. The van der Waals surface area contributed by atoms with Gasteiger partial charge in [-0.2, -0.15) is 5.10 Å². The topological polar surface area (TPSA) is 89.3 Å². The molecule has 2 aromatic rings. The second-order valence-electron chi connectivity index (χ2n) is 3.81. The fraction of sp³-hybridized carbons (Fsp3) is 0.250. The van der Waals surface area contributed by atoms with Crippen LogP contribution in [0.25, 0.3) is 0 Å². The summed E-state index contributed by atoms with van der Waals surface area (Å²) in [6.45, 7) is 1.19. The first-order chi connectivity index (χ1) is 9.20. The summed E-state index contributed by atoms with van der Waals surface area (Å²) in [5.74, 6) is -0.733. The highest BCUT2D eigenvalue weighted by Gasteiger charge is 2.11. The molecule has 0 saturated heterocycles. The Hall–Kier alpha value is -2.41. The molecule has 0 aliphatic carbocycles. The number of nitrogens with one attached hydrogen (secondary N) is 1. The van der Waals surface area contributed by atoms with Crippen LogP contribution in [-0.2, 0) is 11.3 Å². The lowest BCUT2D eigenvalue weighted by atomic mass is 10.2. The number of carbonyl (C=O) groups is 1. The molecule has 2 aromatic heterocycles. The molecule has 0 fully saturated rings. The normalized spacial score (nSPS) is 10.4. The summed E-state index contributed by atoms with van der Waals surface area (Å²) < 4.78 is 6.66. The molecule has 100 valence electrons. The zero-order chi connectivity index (χ0) is 13.7. The second-order valence-corrected chi connectivity index (χ2v) is 3.81. The molecule has 2 heterocycles. The molecule has 0 spiro atoms. The molecule has 7 nitrogen and oxygen atoms in total. The Morgan fingerprint density at radius 3 is 3.16 bits per heavy atom. The van der Waals surface area contributed by atoms with E-state index in [1.54, 1.807) is 30.3 Å². The number of hydrogen-bond acceptors (Lipinski definition) is 5. The van der Waals surface area contributed by atoms with E-state index in [4.69, 9.17) is 9.84 Å². The predicted octanol–water partition coefficient (Wildman–Crippen LogP) is 1.37. The van der Waals surface area contributed by atoms with Crippen molar-refractivity contribution in [3.63, 3.8) is 0 Å². The molecule has 0 aliphatic rings. The SMILES string of the molecule is COCCn1cc(Nc2ncccc2C(=O)O)cn1. The molecule has 0 atom stereocenters. The highest BCUT2D eigenvalue weighted by atomic mass is 16.5. The number of ether oxygens (including phenoxy) is 1. The molecule has 7 heteroatoms. The Morgan fingerprint density at radius 1 is 1.58 bits per heavy atom. The first-order valence-corrected chi connectivity index (χ1v) is 5.67. The monoisotopic (exact) mass is 262 g/mol. The number of aromatic carboxylic acids is 1. The average Bonchev–Trinajstić information content (AvgIpc) is 2.84. The third-order valence-corrected chi connectivity index (χ3v) is 2.46. The van der Waals surface area contributed by atoms with E-state index in [0.29, 0.717) is 24.7 Å². The van der Waals surface area contributed by atoms with Gasteiger partial charge in [0.25, 0.3) is 0 Å². The van der Waals surface area contributed by atoms with Gasteiger partial charge in [-0.3, -0.25) is 4.68 Å². The number of pyridine rings is 1. The van der Waals surface area contributed by atoms with Crippen LogP contribution >= 0.6 is 0 Å². The van der Waals surface area contributed by atoms with Gasteiger partial charge < -0.3 is 15.2 Å². The fourth-order valence-electron chi connectivity index (χ4n) is 1.55. The van der Waals surface area contributed by atoms with Crippen LogP contribution in [0, 0.1) is 0 Å². The molecule has 0 bridgehead atoms. The Morgan fingerprint density at radius 2 is 2.42 bits per heavy atom. The minimum absolute atomic E-state index is 0.118. The number of nitrogens with zero attached hydrogens (tertiary/aromatic N) is 3. The Bertz CT molecular complexity index is 568. The Labute approximate surface area is 109 Å². The maximum atomic E-state index is 11.0. The number of carboxylic acids is 1. The standard InChI is InChI=1S/C12H14N4O3/c1-19-6-5-16-8-9(7-14-16)15-11-10(12(17)18)3-2-4-13-11/h2-4,7-8H,5-6H2,1H3,(H,13,15)(H,17,18). The third-order valence-electron chi connectivity index (χ3n) is 2.46. The summed E-state index contributed by atoms with van der Waals surface area (Å²) in [5, 5.41) is 16.1. The van der Waals surface area contributed by atoms with Crippen molar-refractivity contribution in [3.05, 3.63) is 36.3 Å². The van der Waals surface area contributed by atoms with E-state index in [9.17, 15) is 4.79 Å². The van der Waals surface area contributed by atoms with Gasteiger partial charge >= 0.3 is 5.97 Å². The Balaban J connectivity index is 2.13. The lowest BCUT2D eigenvalue weighted by Gasteiger charge is -2.05. The van der Waals surface area contributed by atoms with Crippen LogP contribution in [0.3, 0.4) is 0 Å². The molecule has 0 saturated carbocycles. The smallest absolute Gasteiger partial charge is 0.339 e. The van der Waals surface area contributed by atoms with Crippen molar-refractivity contribution in [1.29, 1.82) is 0 Å². The van der Waals surface area contributed by atoms with Crippen molar-refractivity contribution < 1.29 is 14.6 Å². The van der Waals surface area contributed by atoms with Gasteiger partial charge in [0, 0.05) is 19.5 Å². The molecule has 0 aliphatic heterocycles. The predicted molar refractivity (Wildman–Crippen MR) is 68.6 cm³/mol. The molecular formula is C12H14N4O3. The lowest BCUT2D eigenvalue weighted by molar-refractivity contribution is 0.0697. The van der Waals surface area contributed by atoms with Crippen LogP contribution in [0.5, 0.6) is 0 Å². The van der Waals surface area contributed by atoms with E-state index in [2.05, 4.69) is 15.4 Å². The van der Waals surface area contributed by atoms with Crippen LogP contribution in [0.4, 0.5) is 11.5 Å². The fourth-order valence-corrected chi connectivity index (χ4v) is 1.55. The first kappa shape index (κ1) is 13.0. The van der Waals surface area contributed by atoms with Crippen molar-refractivity contribution in [2.45, 2.75) is 6.54 Å². The zero-order valence-corrected chi connectivity index (χ0v) is 10.4. The van der Waals surface area contributed by atoms with Gasteiger partial charge in [-0.25, -0.2) is 9.78 Å². The van der Waals surface area contributed by atoms with E-state index >= 15 is 0 Å². The molecule has 0 radical (unpaired) electrons. The summed E-state index contributed by atoms with van der Waals surface area (Å²) in [5.41, 5.74) is 0.796. The maximum Gasteiger partial charge on any atom is 0.339 e. The first-order valence-electron chi connectivity index (χ1n) is 5.67. The van der Waals surface area contributed by atoms with Crippen molar-refractivity contribution in [2.75, 3.05) is 19.0 Å². The average molecular weight is 262 g/mol. The van der Waals surface area contributed by atoms with Crippen molar-refractivity contribution >= 4 is 17.5 Å². The van der Waals surface area contributed by atoms with Gasteiger partial charge in [-0.05, 0) is 12.1 Å². The number of hydrogen-bond donors (Lipinski definition) is 2. The Kier molecular flexibility index (Phi) is 4.09. The summed E-state index contributed by atoms with van der Waals surface area (Å²) in [6.07, 6.45) is 4.90. The number of aromatic nitrogens is 3. The number of rotatable bonds is 6. The van der Waals surface area contributed by atoms with E-state index < -0.39 is 5.97 Å². The third kappa shape index (κ3) is 3.29.